The molecule has 0 unspecified atom stereocenters. The summed E-state index contributed by atoms with van der Waals surface area (Å²) in [7, 11) is 0. The van der Waals surface area contributed by atoms with Crippen LogP contribution in [0.15, 0.2) is 30.6 Å². The number of hydrogen-bond donors (Lipinski definition) is 1. The first-order chi connectivity index (χ1) is 7.66. The van der Waals surface area contributed by atoms with Crippen molar-refractivity contribution >= 4 is 5.78 Å². The number of hydrogen-bond acceptors (Lipinski definition) is 2. The van der Waals surface area contributed by atoms with Crippen LogP contribution in [0.4, 0.5) is 0 Å². The number of imidazole rings is 1. The van der Waals surface area contributed by atoms with Gasteiger partial charge in [0.2, 0.25) is 5.78 Å². The molecule has 1 N–H and O–H groups in total. The molecule has 0 saturated heterocycles. The smallest absolute Gasteiger partial charge is 0.202 e. The van der Waals surface area contributed by atoms with E-state index in [4.69, 9.17) is 0 Å². The summed E-state index contributed by atoms with van der Waals surface area (Å²) in [6.07, 6.45) is 3.66. The Morgan fingerprint density at radius 2 is 2.19 bits per heavy atom. The molecule has 3 heteroatoms. The molecule has 0 bridgehead atoms. The maximum Gasteiger partial charge on any atom is 0.202 e. The second-order valence-corrected chi connectivity index (χ2v) is 3.97. The molecule has 0 spiro atoms. The molecule has 2 rings (SSSR count). The molecule has 0 aliphatic rings. The highest BCUT2D eigenvalue weighted by atomic mass is 16.1. The predicted octanol–water partition coefficient (Wildman–Crippen LogP) is 2.45. The van der Waals surface area contributed by atoms with Crippen LogP contribution in [-0.2, 0) is 6.42 Å². The average Bonchev–Trinajstić information content (AvgIpc) is 2.76. The van der Waals surface area contributed by atoms with E-state index in [1.165, 1.54) is 5.56 Å². The highest BCUT2D eigenvalue weighted by Crippen LogP contribution is 2.12. The van der Waals surface area contributed by atoms with Crippen molar-refractivity contribution in [2.75, 3.05) is 0 Å². The van der Waals surface area contributed by atoms with Gasteiger partial charge in [-0.25, -0.2) is 4.98 Å². The lowest BCUT2D eigenvalue weighted by molar-refractivity contribution is 0.0984. The van der Waals surface area contributed by atoms with Crippen molar-refractivity contribution in [3.63, 3.8) is 0 Å². The van der Waals surface area contributed by atoms with Gasteiger partial charge in [-0.3, -0.25) is 4.79 Å². The van der Waals surface area contributed by atoms with E-state index < -0.39 is 0 Å². The summed E-state index contributed by atoms with van der Waals surface area (Å²) in [5, 5.41) is 0. The SMILES string of the molecule is Cc1ccc(C)c(CC(=O)c2ncc[nH]2)c1. The Hall–Kier alpha value is -1.90. The van der Waals surface area contributed by atoms with Crippen LogP contribution in [0.5, 0.6) is 0 Å². The minimum absolute atomic E-state index is 0.0266. The van der Waals surface area contributed by atoms with Gasteiger partial charge in [-0.15, -0.1) is 0 Å². The number of aromatic nitrogens is 2. The number of rotatable bonds is 3. The Bertz CT molecular complexity index is 501. The van der Waals surface area contributed by atoms with Gasteiger partial charge in [0.05, 0.1) is 0 Å². The van der Waals surface area contributed by atoms with E-state index in [1.54, 1.807) is 12.4 Å². The number of aromatic amines is 1. The Labute approximate surface area is 94.5 Å². The van der Waals surface area contributed by atoms with E-state index >= 15 is 0 Å². The van der Waals surface area contributed by atoms with Crippen LogP contribution in [0.3, 0.4) is 0 Å². The van der Waals surface area contributed by atoms with Gasteiger partial charge in [0, 0.05) is 18.8 Å². The van der Waals surface area contributed by atoms with Crippen LogP contribution in [0.1, 0.15) is 27.3 Å². The number of ketones is 1. The second kappa shape index (κ2) is 4.31. The lowest BCUT2D eigenvalue weighted by atomic mass is 10.0. The Kier molecular flexibility index (Phi) is 2.86. The lowest BCUT2D eigenvalue weighted by Crippen LogP contribution is -2.07. The molecule has 0 fully saturated rings. The molecule has 0 amide bonds. The van der Waals surface area contributed by atoms with Gasteiger partial charge >= 0.3 is 0 Å². The van der Waals surface area contributed by atoms with Crippen LogP contribution in [-0.4, -0.2) is 15.8 Å². The Balaban J connectivity index is 2.21. The van der Waals surface area contributed by atoms with Crippen molar-refractivity contribution in [2.24, 2.45) is 0 Å². The fourth-order valence-corrected chi connectivity index (χ4v) is 1.67. The van der Waals surface area contributed by atoms with Crippen molar-refractivity contribution in [1.82, 2.24) is 9.97 Å². The number of carbonyl (C=O) groups excluding carboxylic acids is 1. The molecular weight excluding hydrogens is 200 g/mol. The molecule has 0 aliphatic carbocycles. The van der Waals surface area contributed by atoms with Crippen LogP contribution >= 0.6 is 0 Å². The number of Topliss-reactive ketones (excluding diaryl/α,β-unsaturated/α-hetero) is 1. The quantitative estimate of drug-likeness (QED) is 0.798. The normalized spacial score (nSPS) is 10.4. The standard InChI is InChI=1S/C13H14N2O/c1-9-3-4-10(2)11(7-9)8-12(16)13-14-5-6-15-13/h3-7H,8H2,1-2H3,(H,14,15). The maximum atomic E-state index is 11.8. The summed E-state index contributed by atoms with van der Waals surface area (Å²) >= 11 is 0. The van der Waals surface area contributed by atoms with Gasteiger partial charge in [-0.05, 0) is 25.0 Å². The fraction of sp³-hybridized carbons (Fsp3) is 0.231. The minimum atomic E-state index is 0.0266. The molecule has 0 saturated carbocycles. The second-order valence-electron chi connectivity index (χ2n) is 3.97. The molecule has 0 atom stereocenters. The molecule has 0 aliphatic heterocycles. The van der Waals surface area contributed by atoms with Crippen molar-refractivity contribution in [3.8, 4) is 0 Å². The molecule has 3 nitrogen and oxygen atoms in total. The lowest BCUT2D eigenvalue weighted by Gasteiger charge is -2.05. The molecule has 1 aromatic heterocycles. The van der Waals surface area contributed by atoms with E-state index in [1.807, 2.05) is 19.9 Å². The van der Waals surface area contributed by atoms with E-state index in [0.29, 0.717) is 12.2 Å². The van der Waals surface area contributed by atoms with Gasteiger partial charge in [0.25, 0.3) is 0 Å². The number of carbonyl (C=O) groups is 1. The number of nitrogens with one attached hydrogen (secondary N) is 1. The first kappa shape index (κ1) is 10.6. The maximum absolute atomic E-state index is 11.8. The van der Waals surface area contributed by atoms with Crippen molar-refractivity contribution in [3.05, 3.63) is 53.1 Å². The molecule has 1 heterocycles. The number of benzene rings is 1. The third kappa shape index (κ3) is 2.19. The number of nitrogens with zero attached hydrogens (tertiary/aromatic N) is 1. The van der Waals surface area contributed by atoms with Crippen molar-refractivity contribution < 1.29 is 4.79 Å². The largest absolute Gasteiger partial charge is 0.342 e. The van der Waals surface area contributed by atoms with Gasteiger partial charge in [-0.1, -0.05) is 23.8 Å². The van der Waals surface area contributed by atoms with Gasteiger partial charge < -0.3 is 4.98 Å². The molecule has 16 heavy (non-hydrogen) atoms. The topological polar surface area (TPSA) is 45.8 Å². The van der Waals surface area contributed by atoms with Crippen molar-refractivity contribution in [1.29, 1.82) is 0 Å². The van der Waals surface area contributed by atoms with Crippen LogP contribution in [0.2, 0.25) is 0 Å². The monoisotopic (exact) mass is 214 g/mol. The molecule has 2 aromatic rings. The highest BCUT2D eigenvalue weighted by molar-refractivity contribution is 5.94. The summed E-state index contributed by atoms with van der Waals surface area (Å²) in [4.78, 5) is 18.6. The van der Waals surface area contributed by atoms with Gasteiger partial charge in [0.1, 0.15) is 0 Å². The van der Waals surface area contributed by atoms with E-state index in [-0.39, 0.29) is 5.78 Å². The summed E-state index contributed by atoms with van der Waals surface area (Å²) in [5.74, 6) is 0.458. The van der Waals surface area contributed by atoms with Gasteiger partial charge in [0.15, 0.2) is 5.82 Å². The van der Waals surface area contributed by atoms with E-state index in [9.17, 15) is 4.79 Å². The zero-order chi connectivity index (χ0) is 11.5. The number of H-pyrrole nitrogens is 1. The molecule has 82 valence electrons. The molecule has 1 aromatic carbocycles. The third-order valence-corrected chi connectivity index (χ3v) is 2.62. The third-order valence-electron chi connectivity index (χ3n) is 2.62. The predicted molar refractivity (Wildman–Crippen MR) is 62.5 cm³/mol. The summed E-state index contributed by atoms with van der Waals surface area (Å²) < 4.78 is 0. The van der Waals surface area contributed by atoms with Crippen LogP contribution in [0.25, 0.3) is 0 Å². The van der Waals surface area contributed by atoms with E-state index in [0.717, 1.165) is 11.1 Å². The Morgan fingerprint density at radius 3 is 2.88 bits per heavy atom. The molecule has 0 radical (unpaired) electrons. The van der Waals surface area contributed by atoms with Crippen molar-refractivity contribution in [2.45, 2.75) is 20.3 Å². The first-order valence-electron chi connectivity index (χ1n) is 5.25. The average molecular weight is 214 g/mol. The zero-order valence-electron chi connectivity index (χ0n) is 9.45. The summed E-state index contributed by atoms with van der Waals surface area (Å²) in [6, 6.07) is 6.15. The molecular formula is C13H14N2O. The number of aryl methyl sites for hydroxylation is 2. The Morgan fingerprint density at radius 1 is 1.38 bits per heavy atom. The zero-order valence-corrected chi connectivity index (χ0v) is 9.45. The fourth-order valence-electron chi connectivity index (χ4n) is 1.67. The van der Waals surface area contributed by atoms with Crippen LogP contribution in [0, 0.1) is 13.8 Å². The summed E-state index contributed by atoms with van der Waals surface area (Å²) in [6.45, 7) is 4.05. The minimum Gasteiger partial charge on any atom is -0.342 e. The summed E-state index contributed by atoms with van der Waals surface area (Å²) in [5.41, 5.74) is 3.39. The first-order valence-corrected chi connectivity index (χ1v) is 5.25. The van der Waals surface area contributed by atoms with Gasteiger partial charge in [-0.2, -0.15) is 0 Å². The van der Waals surface area contributed by atoms with Crippen LogP contribution < -0.4 is 0 Å². The van der Waals surface area contributed by atoms with E-state index in [2.05, 4.69) is 22.1 Å². The highest BCUT2D eigenvalue weighted by Gasteiger charge is 2.10.